The first-order chi connectivity index (χ1) is 11.2. The summed E-state index contributed by atoms with van der Waals surface area (Å²) in [6.07, 6.45) is 2.08. The number of rotatable bonds is 4. The molecule has 0 aromatic heterocycles. The lowest BCUT2D eigenvalue weighted by molar-refractivity contribution is -0.192. The zero-order chi connectivity index (χ0) is 18.2. The van der Waals surface area contributed by atoms with Gasteiger partial charge in [0, 0.05) is 12.6 Å². The molecule has 1 aliphatic rings. The Hall–Kier alpha value is -1.86. The Balaban J connectivity index is 0.000000351. The molecule has 0 unspecified atom stereocenters. The number of benzene rings is 1. The summed E-state index contributed by atoms with van der Waals surface area (Å²) in [4.78, 5) is 11.4. The molecule has 1 aromatic carbocycles. The molecule has 7 heteroatoms. The zero-order valence-corrected chi connectivity index (χ0v) is 13.6. The molecule has 1 aliphatic heterocycles. The number of alkyl halides is 3. The Morgan fingerprint density at radius 1 is 1.33 bits per heavy atom. The SMILES string of the molecule is C[C@H](N)c1ccccc1/C=C/CN1CCCC1.O=C(O)C(F)(F)F. The maximum Gasteiger partial charge on any atom is 0.490 e. The number of nitrogens with two attached hydrogens (primary N) is 1. The van der Waals surface area contributed by atoms with Gasteiger partial charge < -0.3 is 10.8 Å². The minimum Gasteiger partial charge on any atom is -0.475 e. The largest absolute Gasteiger partial charge is 0.490 e. The molecule has 0 spiro atoms. The van der Waals surface area contributed by atoms with Crippen molar-refractivity contribution in [2.24, 2.45) is 5.73 Å². The fraction of sp³-hybridized carbons (Fsp3) is 0.471. The van der Waals surface area contributed by atoms with Crippen LogP contribution < -0.4 is 5.73 Å². The minimum atomic E-state index is -5.08. The summed E-state index contributed by atoms with van der Waals surface area (Å²) in [5.41, 5.74) is 8.44. The first-order valence-electron chi connectivity index (χ1n) is 7.75. The summed E-state index contributed by atoms with van der Waals surface area (Å²) in [7, 11) is 0. The van der Waals surface area contributed by atoms with Crippen LogP contribution in [0.3, 0.4) is 0 Å². The summed E-state index contributed by atoms with van der Waals surface area (Å²) in [5.74, 6) is -2.76. The third-order valence-electron chi connectivity index (χ3n) is 3.59. The van der Waals surface area contributed by atoms with Gasteiger partial charge in [-0.1, -0.05) is 36.4 Å². The van der Waals surface area contributed by atoms with E-state index in [4.69, 9.17) is 15.6 Å². The molecule has 3 N–H and O–H groups in total. The second-order valence-electron chi connectivity index (χ2n) is 5.63. The number of hydrogen-bond acceptors (Lipinski definition) is 3. The fourth-order valence-electron chi connectivity index (χ4n) is 2.37. The lowest BCUT2D eigenvalue weighted by Gasteiger charge is -2.12. The number of likely N-dealkylation sites (tertiary alicyclic amines) is 1. The molecule has 4 nitrogen and oxygen atoms in total. The van der Waals surface area contributed by atoms with E-state index in [2.05, 4.69) is 41.3 Å². The Morgan fingerprint density at radius 3 is 2.38 bits per heavy atom. The Kier molecular flexibility index (Phi) is 7.94. The molecule has 24 heavy (non-hydrogen) atoms. The Labute approximate surface area is 139 Å². The molecule has 1 aromatic rings. The highest BCUT2D eigenvalue weighted by atomic mass is 19.4. The van der Waals surface area contributed by atoms with Crippen LogP contribution >= 0.6 is 0 Å². The molecule has 0 saturated carbocycles. The highest BCUT2D eigenvalue weighted by Crippen LogP contribution is 2.17. The summed E-state index contributed by atoms with van der Waals surface area (Å²) >= 11 is 0. The average Bonchev–Trinajstić information content (AvgIpc) is 3.00. The molecule has 0 amide bonds. The quantitative estimate of drug-likeness (QED) is 0.878. The second-order valence-corrected chi connectivity index (χ2v) is 5.63. The predicted molar refractivity (Wildman–Crippen MR) is 87.4 cm³/mol. The molecule has 1 heterocycles. The maximum atomic E-state index is 10.6. The number of nitrogens with zero attached hydrogens (tertiary/aromatic N) is 1. The first-order valence-corrected chi connectivity index (χ1v) is 7.75. The van der Waals surface area contributed by atoms with Crippen molar-refractivity contribution in [3.05, 3.63) is 41.5 Å². The van der Waals surface area contributed by atoms with Gasteiger partial charge in [0.15, 0.2) is 0 Å². The maximum absolute atomic E-state index is 10.6. The van der Waals surface area contributed by atoms with Crippen LogP contribution in [0.4, 0.5) is 13.2 Å². The van der Waals surface area contributed by atoms with E-state index in [-0.39, 0.29) is 6.04 Å². The molecule has 1 atom stereocenters. The van der Waals surface area contributed by atoms with Gasteiger partial charge in [-0.15, -0.1) is 0 Å². The van der Waals surface area contributed by atoms with E-state index in [1.807, 2.05) is 6.92 Å². The molecule has 0 bridgehead atoms. The van der Waals surface area contributed by atoms with Crippen molar-refractivity contribution in [3.63, 3.8) is 0 Å². The zero-order valence-electron chi connectivity index (χ0n) is 13.6. The molecule has 0 aliphatic carbocycles. The van der Waals surface area contributed by atoms with Crippen molar-refractivity contribution in [1.29, 1.82) is 0 Å². The van der Waals surface area contributed by atoms with E-state index >= 15 is 0 Å². The van der Waals surface area contributed by atoms with Crippen molar-refractivity contribution in [2.45, 2.75) is 32.0 Å². The van der Waals surface area contributed by atoms with Gasteiger partial charge in [-0.05, 0) is 44.0 Å². The van der Waals surface area contributed by atoms with Crippen LogP contribution in [0.1, 0.15) is 36.9 Å². The van der Waals surface area contributed by atoms with Gasteiger partial charge >= 0.3 is 12.1 Å². The van der Waals surface area contributed by atoms with Crippen LogP contribution in [-0.4, -0.2) is 41.8 Å². The summed E-state index contributed by atoms with van der Waals surface area (Å²) in [6, 6.07) is 8.47. The van der Waals surface area contributed by atoms with Crippen molar-refractivity contribution in [3.8, 4) is 0 Å². The normalized spacial score (nSPS) is 16.7. The van der Waals surface area contributed by atoms with Gasteiger partial charge in [0.2, 0.25) is 0 Å². The molecular formula is C17H23F3N2O2. The van der Waals surface area contributed by atoms with Gasteiger partial charge in [-0.2, -0.15) is 13.2 Å². The fourth-order valence-corrected chi connectivity index (χ4v) is 2.37. The van der Waals surface area contributed by atoms with Crippen molar-refractivity contribution >= 4 is 12.0 Å². The van der Waals surface area contributed by atoms with Gasteiger partial charge in [0.25, 0.3) is 0 Å². The lowest BCUT2D eigenvalue weighted by atomic mass is 10.0. The van der Waals surface area contributed by atoms with E-state index in [1.54, 1.807) is 0 Å². The third kappa shape index (κ3) is 7.14. The minimum absolute atomic E-state index is 0.0997. The van der Waals surface area contributed by atoms with Crippen molar-refractivity contribution < 1.29 is 23.1 Å². The third-order valence-corrected chi connectivity index (χ3v) is 3.59. The Morgan fingerprint density at radius 2 is 1.88 bits per heavy atom. The molecule has 1 fully saturated rings. The van der Waals surface area contributed by atoms with Crippen LogP contribution in [-0.2, 0) is 4.79 Å². The average molecular weight is 344 g/mol. The number of carboxylic acids is 1. The van der Waals surface area contributed by atoms with Crippen molar-refractivity contribution in [1.82, 2.24) is 4.90 Å². The highest BCUT2D eigenvalue weighted by molar-refractivity contribution is 5.73. The number of halogens is 3. The highest BCUT2D eigenvalue weighted by Gasteiger charge is 2.38. The molecule has 0 radical (unpaired) electrons. The topological polar surface area (TPSA) is 66.6 Å². The lowest BCUT2D eigenvalue weighted by Crippen LogP contribution is -2.21. The van der Waals surface area contributed by atoms with Crippen molar-refractivity contribution in [2.75, 3.05) is 19.6 Å². The van der Waals surface area contributed by atoms with Crippen LogP contribution in [0.2, 0.25) is 0 Å². The summed E-state index contributed by atoms with van der Waals surface area (Å²) in [5, 5.41) is 7.12. The molecular weight excluding hydrogens is 321 g/mol. The number of carboxylic acid groups (broad SMARTS) is 1. The molecule has 1 saturated heterocycles. The van der Waals surface area contributed by atoms with E-state index in [0.29, 0.717) is 0 Å². The van der Waals surface area contributed by atoms with Gasteiger partial charge in [-0.3, -0.25) is 4.90 Å². The first kappa shape index (κ1) is 20.2. The second kappa shape index (κ2) is 9.44. The summed E-state index contributed by atoms with van der Waals surface area (Å²) < 4.78 is 31.7. The van der Waals surface area contributed by atoms with E-state index in [1.165, 1.54) is 37.1 Å². The van der Waals surface area contributed by atoms with Gasteiger partial charge in [-0.25, -0.2) is 4.79 Å². The standard InChI is InChI=1S/C15H22N2.C2HF3O2/c1-13(16)15-9-3-2-7-14(15)8-6-12-17-10-4-5-11-17;3-2(4,5)1(6)7/h2-3,6-9,13H,4-5,10-12,16H2,1H3;(H,6,7)/b8-6+;/t13-;/m0./s1. The summed E-state index contributed by atoms with van der Waals surface area (Å²) in [6.45, 7) is 5.60. The molecule has 2 rings (SSSR count). The number of carbonyl (C=O) groups is 1. The Bertz CT molecular complexity index is 551. The van der Waals surface area contributed by atoms with E-state index in [0.717, 1.165) is 6.54 Å². The molecule has 134 valence electrons. The number of hydrogen-bond donors (Lipinski definition) is 2. The van der Waals surface area contributed by atoms with E-state index in [9.17, 15) is 13.2 Å². The monoisotopic (exact) mass is 344 g/mol. The van der Waals surface area contributed by atoms with Gasteiger partial charge in [0.05, 0.1) is 0 Å². The smallest absolute Gasteiger partial charge is 0.475 e. The predicted octanol–water partition coefficient (Wildman–Crippen LogP) is 3.45. The van der Waals surface area contributed by atoms with Crippen LogP contribution in [0.25, 0.3) is 6.08 Å². The van der Waals surface area contributed by atoms with Gasteiger partial charge in [0.1, 0.15) is 0 Å². The van der Waals surface area contributed by atoms with Crippen LogP contribution in [0, 0.1) is 0 Å². The van der Waals surface area contributed by atoms with Crippen LogP contribution in [0.15, 0.2) is 30.3 Å². The van der Waals surface area contributed by atoms with E-state index < -0.39 is 12.1 Å². The van der Waals surface area contributed by atoms with Crippen LogP contribution in [0.5, 0.6) is 0 Å². The number of aliphatic carboxylic acids is 1.